The Balaban J connectivity index is 2.62. The van der Waals surface area contributed by atoms with Crippen molar-refractivity contribution in [2.75, 3.05) is 13.1 Å². The number of amides is 2. The van der Waals surface area contributed by atoms with Gasteiger partial charge in [0.05, 0.1) is 5.41 Å². The monoisotopic (exact) mass is 283 g/mol. The predicted octanol–water partition coefficient (Wildman–Crippen LogP) is 1.19. The van der Waals surface area contributed by atoms with E-state index in [1.54, 1.807) is 6.92 Å². The fraction of sp³-hybridized carbons (Fsp3) is 0.867. The highest BCUT2D eigenvalue weighted by atomic mass is 16.2. The molecule has 5 nitrogen and oxygen atoms in total. The van der Waals surface area contributed by atoms with Gasteiger partial charge in [0.15, 0.2) is 0 Å². The molecule has 5 heteroatoms. The van der Waals surface area contributed by atoms with Crippen molar-refractivity contribution in [3.63, 3.8) is 0 Å². The van der Waals surface area contributed by atoms with Gasteiger partial charge in [0, 0.05) is 12.1 Å². The Hall–Kier alpha value is -1.10. The van der Waals surface area contributed by atoms with Gasteiger partial charge in [-0.05, 0) is 53.5 Å². The highest BCUT2D eigenvalue weighted by molar-refractivity contribution is 5.90. The van der Waals surface area contributed by atoms with E-state index in [1.807, 2.05) is 27.7 Å². The van der Waals surface area contributed by atoms with E-state index in [0.717, 1.165) is 25.8 Å². The molecule has 2 amide bonds. The third-order valence-electron chi connectivity index (χ3n) is 3.87. The molecule has 3 N–H and O–H groups in total. The number of rotatable bonds is 4. The van der Waals surface area contributed by atoms with Crippen LogP contribution in [0.5, 0.6) is 0 Å². The lowest BCUT2D eigenvalue weighted by Gasteiger charge is -2.36. The molecule has 0 aromatic heterocycles. The molecule has 20 heavy (non-hydrogen) atoms. The van der Waals surface area contributed by atoms with Crippen LogP contribution in [0.15, 0.2) is 0 Å². The Kier molecular flexibility index (Phi) is 5.57. The van der Waals surface area contributed by atoms with Gasteiger partial charge in [-0.3, -0.25) is 9.59 Å². The van der Waals surface area contributed by atoms with Gasteiger partial charge in [-0.25, -0.2) is 0 Å². The van der Waals surface area contributed by atoms with Gasteiger partial charge in [-0.1, -0.05) is 6.92 Å². The average molecular weight is 283 g/mol. The van der Waals surface area contributed by atoms with E-state index >= 15 is 0 Å². The van der Waals surface area contributed by atoms with E-state index in [2.05, 4.69) is 16.0 Å². The summed E-state index contributed by atoms with van der Waals surface area (Å²) in [5, 5.41) is 9.05. The molecular weight excluding hydrogens is 254 g/mol. The van der Waals surface area contributed by atoms with Gasteiger partial charge >= 0.3 is 0 Å². The highest BCUT2D eigenvalue weighted by Crippen LogP contribution is 2.30. The normalized spacial score (nSPS) is 24.9. The standard InChI is InChI=1S/C15H29N3O2/c1-6-15(8-7-9-16-10-15)13(20)17-11(2)12(19)18-14(3,4)5/h11,16H,6-10H2,1-5H3,(H,17,20)(H,18,19). The average Bonchev–Trinajstić information content (AvgIpc) is 2.37. The number of carbonyl (C=O) groups excluding carboxylic acids is 2. The van der Waals surface area contributed by atoms with Crippen molar-refractivity contribution in [1.82, 2.24) is 16.0 Å². The summed E-state index contributed by atoms with van der Waals surface area (Å²) >= 11 is 0. The summed E-state index contributed by atoms with van der Waals surface area (Å²) in [4.78, 5) is 24.5. The molecule has 0 bridgehead atoms. The first-order valence-electron chi connectivity index (χ1n) is 7.54. The quantitative estimate of drug-likeness (QED) is 0.726. The lowest BCUT2D eigenvalue weighted by molar-refractivity contribution is -0.136. The molecule has 0 aromatic carbocycles. The maximum atomic E-state index is 12.5. The third-order valence-corrected chi connectivity index (χ3v) is 3.87. The van der Waals surface area contributed by atoms with E-state index in [4.69, 9.17) is 0 Å². The molecule has 2 unspecified atom stereocenters. The van der Waals surface area contributed by atoms with Gasteiger partial charge in [0.1, 0.15) is 6.04 Å². The molecule has 1 rings (SSSR count). The molecule has 0 aliphatic carbocycles. The summed E-state index contributed by atoms with van der Waals surface area (Å²) in [6.45, 7) is 11.2. The van der Waals surface area contributed by atoms with Crippen molar-refractivity contribution >= 4 is 11.8 Å². The zero-order valence-corrected chi connectivity index (χ0v) is 13.4. The minimum absolute atomic E-state index is 0.0104. The Morgan fingerprint density at radius 3 is 2.45 bits per heavy atom. The van der Waals surface area contributed by atoms with Crippen LogP contribution in [0.1, 0.15) is 53.9 Å². The summed E-state index contributed by atoms with van der Waals surface area (Å²) in [7, 11) is 0. The number of hydrogen-bond donors (Lipinski definition) is 3. The van der Waals surface area contributed by atoms with Crippen LogP contribution >= 0.6 is 0 Å². The van der Waals surface area contributed by atoms with Crippen molar-refractivity contribution in [2.45, 2.75) is 65.5 Å². The Morgan fingerprint density at radius 1 is 1.35 bits per heavy atom. The highest BCUT2D eigenvalue weighted by Gasteiger charge is 2.38. The van der Waals surface area contributed by atoms with Crippen LogP contribution in [-0.4, -0.2) is 36.5 Å². The second-order valence-electron chi connectivity index (χ2n) is 6.85. The van der Waals surface area contributed by atoms with Crippen LogP contribution in [0.4, 0.5) is 0 Å². The SMILES string of the molecule is CCC1(C(=O)NC(C)C(=O)NC(C)(C)C)CCCNC1. The number of hydrogen-bond acceptors (Lipinski definition) is 3. The summed E-state index contributed by atoms with van der Waals surface area (Å²) in [6, 6.07) is -0.507. The summed E-state index contributed by atoms with van der Waals surface area (Å²) in [5.74, 6) is -0.148. The van der Waals surface area contributed by atoms with Crippen molar-refractivity contribution in [3.05, 3.63) is 0 Å². The first kappa shape index (κ1) is 17.0. The molecule has 0 spiro atoms. The van der Waals surface area contributed by atoms with Crippen molar-refractivity contribution in [1.29, 1.82) is 0 Å². The molecule has 1 aliphatic heterocycles. The summed E-state index contributed by atoms with van der Waals surface area (Å²) in [5.41, 5.74) is -0.653. The fourth-order valence-electron chi connectivity index (χ4n) is 2.52. The van der Waals surface area contributed by atoms with Crippen LogP contribution < -0.4 is 16.0 Å². The molecule has 1 heterocycles. The molecule has 1 aliphatic rings. The van der Waals surface area contributed by atoms with E-state index < -0.39 is 6.04 Å². The van der Waals surface area contributed by atoms with E-state index in [9.17, 15) is 9.59 Å². The van der Waals surface area contributed by atoms with Gasteiger partial charge in [0.2, 0.25) is 11.8 Å². The van der Waals surface area contributed by atoms with E-state index in [-0.39, 0.29) is 22.8 Å². The second kappa shape index (κ2) is 6.57. The second-order valence-corrected chi connectivity index (χ2v) is 6.85. The van der Waals surface area contributed by atoms with E-state index in [0.29, 0.717) is 6.54 Å². The van der Waals surface area contributed by atoms with Crippen molar-refractivity contribution < 1.29 is 9.59 Å². The Labute approximate surface area is 122 Å². The molecule has 2 atom stereocenters. The van der Waals surface area contributed by atoms with Crippen molar-refractivity contribution in [2.24, 2.45) is 5.41 Å². The predicted molar refractivity (Wildman–Crippen MR) is 80.3 cm³/mol. The molecular formula is C15H29N3O2. The summed E-state index contributed by atoms with van der Waals surface area (Å²) < 4.78 is 0. The van der Waals surface area contributed by atoms with Crippen LogP contribution in [0, 0.1) is 5.41 Å². The number of piperidine rings is 1. The van der Waals surface area contributed by atoms with Crippen LogP contribution in [-0.2, 0) is 9.59 Å². The lowest BCUT2D eigenvalue weighted by Crippen LogP contribution is -2.56. The molecule has 0 saturated carbocycles. The maximum Gasteiger partial charge on any atom is 0.242 e. The molecule has 0 radical (unpaired) electrons. The molecule has 0 aromatic rings. The molecule has 1 saturated heterocycles. The van der Waals surface area contributed by atoms with Gasteiger partial charge in [-0.15, -0.1) is 0 Å². The van der Waals surface area contributed by atoms with Gasteiger partial charge in [-0.2, -0.15) is 0 Å². The van der Waals surface area contributed by atoms with Crippen LogP contribution in [0.2, 0.25) is 0 Å². The minimum Gasteiger partial charge on any atom is -0.350 e. The first-order chi connectivity index (χ1) is 9.20. The smallest absolute Gasteiger partial charge is 0.242 e. The zero-order chi connectivity index (χ0) is 15.4. The van der Waals surface area contributed by atoms with Gasteiger partial charge < -0.3 is 16.0 Å². The third kappa shape index (κ3) is 4.47. The van der Waals surface area contributed by atoms with E-state index in [1.165, 1.54) is 0 Å². The fourth-order valence-corrected chi connectivity index (χ4v) is 2.52. The largest absolute Gasteiger partial charge is 0.350 e. The number of nitrogens with one attached hydrogen (secondary N) is 3. The van der Waals surface area contributed by atoms with Crippen LogP contribution in [0.25, 0.3) is 0 Å². The van der Waals surface area contributed by atoms with Crippen molar-refractivity contribution in [3.8, 4) is 0 Å². The molecule has 116 valence electrons. The zero-order valence-electron chi connectivity index (χ0n) is 13.4. The van der Waals surface area contributed by atoms with Gasteiger partial charge in [0.25, 0.3) is 0 Å². The summed E-state index contributed by atoms with van der Waals surface area (Å²) in [6.07, 6.45) is 2.68. The maximum absolute atomic E-state index is 12.5. The topological polar surface area (TPSA) is 70.2 Å². The molecule has 1 fully saturated rings. The lowest BCUT2D eigenvalue weighted by atomic mass is 9.77. The van der Waals surface area contributed by atoms with Crippen LogP contribution in [0.3, 0.4) is 0 Å². The Morgan fingerprint density at radius 2 is 2.00 bits per heavy atom. The minimum atomic E-state index is -0.507. The Bertz CT molecular complexity index is 355. The number of carbonyl (C=O) groups is 2. The first-order valence-corrected chi connectivity index (χ1v) is 7.54.